The summed E-state index contributed by atoms with van der Waals surface area (Å²) >= 11 is 0. The molecule has 0 saturated carbocycles. The number of anilines is 1. The van der Waals surface area contributed by atoms with Crippen molar-refractivity contribution in [2.24, 2.45) is 0 Å². The van der Waals surface area contributed by atoms with Gasteiger partial charge in [-0.25, -0.2) is 0 Å². The first-order valence-electron chi connectivity index (χ1n) is 30.8. The third-order valence-corrected chi connectivity index (χ3v) is 17.3. The first kappa shape index (κ1) is 62.4. The summed E-state index contributed by atoms with van der Waals surface area (Å²) in [7, 11) is -3.19. The molecule has 0 fully saturated rings. The summed E-state index contributed by atoms with van der Waals surface area (Å²) in [5.41, 5.74) is 16.4. The molecule has 0 atom stereocenters. The number of para-hydroxylation sites is 2. The van der Waals surface area contributed by atoms with Gasteiger partial charge in [0.15, 0.2) is 11.5 Å². The van der Waals surface area contributed by atoms with E-state index >= 15 is 0 Å². The number of allylic oxidation sites excluding steroid dienone is 8. The molecule has 2 heterocycles. The number of ether oxygens (including phenoxy) is 1. The smallest absolute Gasteiger partial charge is 0.457 e. The molecule has 0 unspecified atom stereocenters. The van der Waals surface area contributed by atoms with Crippen LogP contribution in [0.15, 0.2) is 205 Å². The molecular formula is C73H87B2N4O6+. The van der Waals surface area contributed by atoms with E-state index in [9.17, 15) is 24.9 Å². The minimum absolute atomic E-state index is 0.0801. The van der Waals surface area contributed by atoms with Crippen LogP contribution in [0.2, 0.25) is 0 Å². The van der Waals surface area contributed by atoms with Crippen molar-refractivity contribution in [2.45, 2.75) is 143 Å². The van der Waals surface area contributed by atoms with Gasteiger partial charge in [0.05, 0.1) is 5.41 Å². The molecule has 3 aliphatic rings. The number of carbonyl (C=O) groups is 1. The Hall–Kier alpha value is -7.15. The first-order valence-corrected chi connectivity index (χ1v) is 30.8. The van der Waals surface area contributed by atoms with Crippen molar-refractivity contribution < 1.29 is 34.2 Å². The molecule has 2 aliphatic heterocycles. The van der Waals surface area contributed by atoms with Crippen molar-refractivity contribution in [3.63, 3.8) is 0 Å². The van der Waals surface area contributed by atoms with Gasteiger partial charge in [-0.2, -0.15) is 4.58 Å². The van der Waals surface area contributed by atoms with Crippen LogP contribution < -0.4 is 20.6 Å². The monoisotopic (exact) mass is 1140 g/mol. The fourth-order valence-corrected chi connectivity index (χ4v) is 12.8. The Morgan fingerprint density at radius 3 is 1.82 bits per heavy atom. The molecule has 85 heavy (non-hydrogen) atoms. The summed E-state index contributed by atoms with van der Waals surface area (Å²) in [5, 5.41) is 41.3. The fourth-order valence-electron chi connectivity index (χ4n) is 12.8. The minimum Gasteiger partial charge on any atom is -0.457 e. The lowest BCUT2D eigenvalue weighted by Gasteiger charge is -2.27. The number of hydrogen-bond acceptors (Lipinski definition) is 9. The average Bonchev–Trinajstić information content (AvgIpc) is 3.21. The van der Waals surface area contributed by atoms with Crippen molar-refractivity contribution in [3.8, 4) is 5.75 Å². The van der Waals surface area contributed by atoms with Gasteiger partial charge in [-0.15, -0.1) is 0 Å². The van der Waals surface area contributed by atoms with Gasteiger partial charge in [-0.05, 0) is 157 Å². The van der Waals surface area contributed by atoms with E-state index in [1.54, 1.807) is 19.1 Å². The number of unbranched alkanes of at least 4 members (excludes halogenated alkanes) is 1. The van der Waals surface area contributed by atoms with E-state index in [0.717, 1.165) is 104 Å². The Morgan fingerprint density at radius 1 is 0.647 bits per heavy atom. The Labute approximate surface area is 506 Å². The highest BCUT2D eigenvalue weighted by Crippen LogP contribution is 2.48. The maximum absolute atomic E-state index is 12.4. The average molecular weight is 1140 g/mol. The molecule has 0 saturated heterocycles. The summed E-state index contributed by atoms with van der Waals surface area (Å²) in [6.07, 6.45) is 16.3. The summed E-state index contributed by atoms with van der Waals surface area (Å²) in [5.74, 6) is 1.76. The van der Waals surface area contributed by atoms with E-state index in [2.05, 4.69) is 189 Å². The fraction of sp³-hybridized carbons (Fsp3) is 0.342. The van der Waals surface area contributed by atoms with Crippen molar-refractivity contribution in [2.75, 3.05) is 24.5 Å². The van der Waals surface area contributed by atoms with E-state index in [0.29, 0.717) is 55.6 Å². The summed E-state index contributed by atoms with van der Waals surface area (Å²) in [4.78, 5) is 19.5. The number of carbonyl (C=O) groups excluding carboxylic acids is 1. The number of hydrogen-bond donors (Lipinski definition) is 4. The normalized spacial score (nSPS) is 16.3. The Balaban J connectivity index is 0.997. The largest absolute Gasteiger partial charge is 0.488 e. The number of fused-ring (bicyclic) bond motifs is 2. The topological polar surface area (TPSA) is 120 Å². The van der Waals surface area contributed by atoms with E-state index in [1.165, 1.54) is 45.1 Å². The van der Waals surface area contributed by atoms with Crippen LogP contribution in [-0.2, 0) is 48.3 Å². The van der Waals surface area contributed by atoms with Crippen molar-refractivity contribution in [1.29, 1.82) is 0 Å². The summed E-state index contributed by atoms with van der Waals surface area (Å²) in [6.45, 7) is 24.9. The highest BCUT2D eigenvalue weighted by Gasteiger charge is 2.44. The van der Waals surface area contributed by atoms with Crippen LogP contribution >= 0.6 is 0 Å². The third kappa shape index (κ3) is 14.9. The number of rotatable bonds is 27. The van der Waals surface area contributed by atoms with Crippen LogP contribution in [0.1, 0.15) is 139 Å². The number of Topliss-reactive ketones (excluding diaryl/α,β-unsaturated/α-hetero) is 1. The maximum Gasteiger partial charge on any atom is 0.488 e. The second-order valence-electron chi connectivity index (χ2n) is 24.5. The summed E-state index contributed by atoms with van der Waals surface area (Å²) in [6, 6.07) is 49.7. The molecular weight excluding hydrogens is 1050 g/mol. The highest BCUT2D eigenvalue weighted by molar-refractivity contribution is 6.59. The van der Waals surface area contributed by atoms with Gasteiger partial charge in [0.1, 0.15) is 18.1 Å². The van der Waals surface area contributed by atoms with Crippen molar-refractivity contribution in [3.05, 3.63) is 244 Å². The lowest BCUT2D eigenvalue weighted by atomic mass is 9.77. The molecule has 0 amide bonds. The molecule has 440 valence electrons. The van der Waals surface area contributed by atoms with E-state index < -0.39 is 14.2 Å². The van der Waals surface area contributed by atoms with Gasteiger partial charge in [-0.3, -0.25) is 14.6 Å². The van der Waals surface area contributed by atoms with Gasteiger partial charge in [-0.1, -0.05) is 162 Å². The number of nitrogens with zero attached hydrogens (tertiary/aromatic N) is 4. The van der Waals surface area contributed by atoms with E-state index in [1.807, 2.05) is 36.4 Å². The summed E-state index contributed by atoms with van der Waals surface area (Å²) < 4.78 is 9.70. The number of ketones is 1. The molecule has 0 spiro atoms. The van der Waals surface area contributed by atoms with Gasteiger partial charge in [0.25, 0.3) is 0 Å². The Bertz CT molecular complexity index is 3480. The quantitative estimate of drug-likeness (QED) is 0.0173. The second kappa shape index (κ2) is 28.4. The molecule has 1 aliphatic carbocycles. The third-order valence-electron chi connectivity index (χ3n) is 17.3. The van der Waals surface area contributed by atoms with Crippen LogP contribution in [-0.4, -0.2) is 79.8 Å². The molecule has 0 radical (unpaired) electrons. The lowest BCUT2D eigenvalue weighted by molar-refractivity contribution is -0.437. The zero-order valence-electron chi connectivity index (χ0n) is 51.2. The van der Waals surface area contributed by atoms with Gasteiger partial charge >= 0.3 is 14.2 Å². The first-order chi connectivity index (χ1) is 41.0. The predicted octanol–water partition coefficient (Wildman–Crippen LogP) is 12.4. The molecule has 12 heteroatoms. The molecule has 0 aromatic heterocycles. The van der Waals surface area contributed by atoms with Gasteiger partial charge in [0.2, 0.25) is 5.69 Å². The molecule has 4 N–H and O–H groups in total. The zero-order valence-corrected chi connectivity index (χ0v) is 51.2. The van der Waals surface area contributed by atoms with Crippen LogP contribution in [0.3, 0.4) is 0 Å². The lowest BCUT2D eigenvalue weighted by Crippen LogP contribution is -2.36. The van der Waals surface area contributed by atoms with E-state index in [-0.39, 0.29) is 16.6 Å². The minimum atomic E-state index is -1.61. The molecule has 9 rings (SSSR count). The SMILES string of the molecule is C=C(C)C(=O)CCCCN(Cc1ccc(CN(Cc2ccc(OC3=C(/C=C/C4=[N+](CCC)c5ccccc5C4(C)C)CCC/C3=C\C=C3\N(CCC)c4ccccc4C3(C)C)cc2)Cc2ccccc2B(O)O)cc1)Cc1ccccc1B(O)O. The zero-order chi connectivity index (χ0) is 60.3. The Morgan fingerprint density at radius 2 is 1.21 bits per heavy atom. The van der Waals surface area contributed by atoms with Crippen LogP contribution in [0.5, 0.6) is 5.75 Å². The van der Waals surface area contributed by atoms with Crippen LogP contribution in [0.4, 0.5) is 11.4 Å². The maximum atomic E-state index is 12.4. The molecule has 0 bridgehead atoms. The molecule has 6 aromatic carbocycles. The standard InChI is InChI=1S/C73H87B2N4O6/c1-9-45-78-66-30-17-13-26-62(66)72(5,6)69(78)43-39-57-24-21-25-58(40-44-70-73(7,8)63-27-14-18-31-67(63)79(70)46-10-2)71(57)85-61-41-37-56(38-42-61)50-77(52-60-23-12-16-29-65(60)75(83)84)49-55-35-33-54(34-36-55)48-76(47-20-19-32-68(80)53(3)4)51-59-22-11-15-28-64(59)74(81)82/h11-18,22-23,26-31,33-44,81-84H,3,9-10,19-21,24-25,32,45-52H2,1-2,4-8H3/q+1. The molecule has 10 nitrogen and oxygen atoms in total. The second-order valence-corrected chi connectivity index (χ2v) is 24.5. The van der Waals surface area contributed by atoms with Gasteiger partial charge < -0.3 is 29.7 Å². The van der Waals surface area contributed by atoms with Crippen LogP contribution in [0.25, 0.3) is 0 Å². The number of benzene rings is 6. The van der Waals surface area contributed by atoms with E-state index in [4.69, 9.17) is 4.74 Å². The Kier molecular flexibility index (Phi) is 20.8. The molecule has 6 aromatic rings. The predicted molar refractivity (Wildman–Crippen MR) is 350 cm³/mol. The van der Waals surface area contributed by atoms with Crippen molar-refractivity contribution >= 4 is 48.0 Å². The van der Waals surface area contributed by atoms with Gasteiger partial charge in [0, 0.05) is 86.6 Å². The highest BCUT2D eigenvalue weighted by atomic mass is 16.5. The van der Waals surface area contributed by atoms with Crippen molar-refractivity contribution in [1.82, 2.24) is 9.80 Å². The van der Waals surface area contributed by atoms with Crippen LogP contribution in [0, 0.1) is 0 Å².